The highest BCUT2D eigenvalue weighted by molar-refractivity contribution is 7.19. The first kappa shape index (κ1) is 12.6. The molecule has 1 N–H and O–H groups in total. The fourth-order valence-electron chi connectivity index (χ4n) is 2.26. The summed E-state index contributed by atoms with van der Waals surface area (Å²) >= 11 is 0. The molecule has 0 aromatic carbocycles. The molecule has 0 spiro atoms. The largest absolute Gasteiger partial charge is 0.296 e. The Morgan fingerprint density at radius 2 is 2.07 bits per heavy atom. The Morgan fingerprint density at radius 3 is 2.60 bits per heavy atom. The molecule has 0 bridgehead atoms. The number of piperidine rings is 1. The molecular weight excluding hydrogens is 209 g/mol. The number of carbonyl (C=O) groups is 2. The summed E-state index contributed by atoms with van der Waals surface area (Å²) in [5, 5.41) is 2.45. The van der Waals surface area contributed by atoms with E-state index < -0.39 is 0 Å². The summed E-state index contributed by atoms with van der Waals surface area (Å²) < 4.78 is 0. The molecule has 2 amide bonds. The maximum absolute atomic E-state index is 11.7. The summed E-state index contributed by atoms with van der Waals surface area (Å²) in [7, 11) is 2.52. The molecule has 0 radical (unpaired) electrons. The lowest BCUT2D eigenvalue weighted by Gasteiger charge is -2.31. The van der Waals surface area contributed by atoms with E-state index in [2.05, 4.69) is 28.4 Å². The summed E-state index contributed by atoms with van der Waals surface area (Å²) in [6.45, 7) is 4.24. The summed E-state index contributed by atoms with van der Waals surface area (Å²) in [6.07, 6.45) is 3.86. The Bertz CT molecular complexity index is 255. The molecule has 1 saturated heterocycles. The molecule has 4 heteroatoms. The van der Waals surface area contributed by atoms with Gasteiger partial charge in [-0.2, -0.15) is 0 Å². The van der Waals surface area contributed by atoms with Crippen LogP contribution < -0.4 is 5.32 Å². The SMILES string of the molecule is CCCC(CC)C1CC(P)C(=O)NC1=O. The second kappa shape index (κ2) is 5.60. The molecule has 0 aromatic rings. The van der Waals surface area contributed by atoms with Crippen molar-refractivity contribution in [2.75, 3.05) is 0 Å². The van der Waals surface area contributed by atoms with E-state index in [1.54, 1.807) is 0 Å². The quantitative estimate of drug-likeness (QED) is 0.589. The van der Waals surface area contributed by atoms with Crippen molar-refractivity contribution in [3.05, 3.63) is 0 Å². The van der Waals surface area contributed by atoms with Crippen LogP contribution in [-0.2, 0) is 9.59 Å². The van der Waals surface area contributed by atoms with Crippen LogP contribution in [0.5, 0.6) is 0 Å². The molecule has 1 aliphatic heterocycles. The highest BCUT2D eigenvalue weighted by atomic mass is 31.0. The highest BCUT2D eigenvalue weighted by Crippen LogP contribution is 2.30. The first-order chi connectivity index (χ1) is 7.10. The van der Waals surface area contributed by atoms with Crippen molar-refractivity contribution in [1.29, 1.82) is 0 Å². The van der Waals surface area contributed by atoms with Gasteiger partial charge in [0.2, 0.25) is 11.8 Å². The number of rotatable bonds is 4. The van der Waals surface area contributed by atoms with Crippen LogP contribution in [0.4, 0.5) is 0 Å². The van der Waals surface area contributed by atoms with Gasteiger partial charge < -0.3 is 0 Å². The number of nitrogens with one attached hydrogen (secondary N) is 1. The Labute approximate surface area is 93.6 Å². The minimum Gasteiger partial charge on any atom is -0.296 e. The third-order valence-corrected chi connectivity index (χ3v) is 3.76. The predicted molar refractivity (Wildman–Crippen MR) is 63.4 cm³/mol. The van der Waals surface area contributed by atoms with Crippen molar-refractivity contribution in [3.63, 3.8) is 0 Å². The zero-order valence-electron chi connectivity index (χ0n) is 9.45. The van der Waals surface area contributed by atoms with Crippen LogP contribution in [0.25, 0.3) is 0 Å². The topological polar surface area (TPSA) is 46.2 Å². The molecule has 0 aliphatic carbocycles. The van der Waals surface area contributed by atoms with E-state index in [1.165, 1.54) is 0 Å². The lowest BCUT2D eigenvalue weighted by Crippen LogP contribution is -2.48. The van der Waals surface area contributed by atoms with Crippen molar-refractivity contribution < 1.29 is 9.59 Å². The van der Waals surface area contributed by atoms with Crippen molar-refractivity contribution >= 4 is 21.1 Å². The van der Waals surface area contributed by atoms with E-state index in [-0.39, 0.29) is 23.4 Å². The van der Waals surface area contributed by atoms with Gasteiger partial charge in [0.25, 0.3) is 0 Å². The number of hydrogen-bond donors (Lipinski definition) is 1. The van der Waals surface area contributed by atoms with Crippen molar-refractivity contribution in [2.24, 2.45) is 11.8 Å². The molecular formula is C11H20NO2P. The van der Waals surface area contributed by atoms with Gasteiger partial charge in [-0.1, -0.05) is 26.7 Å². The predicted octanol–water partition coefficient (Wildman–Crippen LogP) is 1.72. The van der Waals surface area contributed by atoms with Gasteiger partial charge in [-0.15, -0.1) is 9.24 Å². The standard InChI is InChI=1S/C11H20NO2P/c1-3-5-7(4-2)8-6-9(15)11(14)12-10(8)13/h7-9H,3-6,15H2,1-2H3,(H,12,13,14). The summed E-state index contributed by atoms with van der Waals surface area (Å²) in [4.78, 5) is 23.0. The second-order valence-corrected chi connectivity index (χ2v) is 5.06. The minimum absolute atomic E-state index is 0.0233. The minimum atomic E-state index is -0.146. The van der Waals surface area contributed by atoms with Gasteiger partial charge in [-0.3, -0.25) is 14.9 Å². The molecule has 15 heavy (non-hydrogen) atoms. The third kappa shape index (κ3) is 3.01. The highest BCUT2D eigenvalue weighted by Gasteiger charge is 2.35. The van der Waals surface area contributed by atoms with Gasteiger partial charge in [0, 0.05) is 5.92 Å². The van der Waals surface area contributed by atoms with E-state index in [1.807, 2.05) is 0 Å². The summed E-state index contributed by atoms with van der Waals surface area (Å²) in [5.41, 5.74) is -0.0985. The normalized spacial score (nSPS) is 28.7. The van der Waals surface area contributed by atoms with Crippen LogP contribution in [0.15, 0.2) is 0 Å². The van der Waals surface area contributed by atoms with Crippen LogP contribution in [0.2, 0.25) is 0 Å². The van der Waals surface area contributed by atoms with E-state index in [4.69, 9.17) is 0 Å². The number of hydrogen-bond acceptors (Lipinski definition) is 2. The van der Waals surface area contributed by atoms with E-state index in [0.717, 1.165) is 19.3 Å². The molecule has 3 nitrogen and oxygen atoms in total. The van der Waals surface area contributed by atoms with E-state index in [9.17, 15) is 9.59 Å². The van der Waals surface area contributed by atoms with Gasteiger partial charge >= 0.3 is 0 Å². The van der Waals surface area contributed by atoms with E-state index in [0.29, 0.717) is 12.3 Å². The van der Waals surface area contributed by atoms with Crippen molar-refractivity contribution in [1.82, 2.24) is 5.32 Å². The molecule has 0 saturated carbocycles. The molecule has 0 aromatic heterocycles. The maximum atomic E-state index is 11.7. The Morgan fingerprint density at radius 1 is 1.40 bits per heavy atom. The number of imide groups is 1. The average Bonchev–Trinajstić information content (AvgIpc) is 2.20. The molecule has 1 heterocycles. The van der Waals surface area contributed by atoms with Gasteiger partial charge in [0.1, 0.15) is 0 Å². The summed E-state index contributed by atoms with van der Waals surface area (Å²) in [5.74, 6) is 0.230. The molecule has 1 aliphatic rings. The van der Waals surface area contributed by atoms with Crippen LogP contribution in [0, 0.1) is 11.8 Å². The monoisotopic (exact) mass is 229 g/mol. The van der Waals surface area contributed by atoms with Crippen LogP contribution in [-0.4, -0.2) is 17.5 Å². The maximum Gasteiger partial charge on any atom is 0.233 e. The third-order valence-electron chi connectivity index (χ3n) is 3.18. The van der Waals surface area contributed by atoms with Gasteiger partial charge in [-0.25, -0.2) is 0 Å². The zero-order chi connectivity index (χ0) is 11.4. The fourth-order valence-corrected chi connectivity index (χ4v) is 2.64. The summed E-state index contributed by atoms with van der Waals surface area (Å²) in [6, 6.07) is 0. The van der Waals surface area contributed by atoms with Crippen LogP contribution >= 0.6 is 9.24 Å². The first-order valence-corrected chi connectivity index (χ1v) is 6.37. The second-order valence-electron chi connectivity index (χ2n) is 4.26. The molecule has 4 atom stereocenters. The Hall–Kier alpha value is -0.430. The van der Waals surface area contributed by atoms with Crippen molar-refractivity contribution in [2.45, 2.75) is 45.2 Å². The van der Waals surface area contributed by atoms with E-state index >= 15 is 0 Å². The molecule has 1 rings (SSSR count). The van der Waals surface area contributed by atoms with Crippen LogP contribution in [0.3, 0.4) is 0 Å². The zero-order valence-corrected chi connectivity index (χ0v) is 10.6. The molecule has 86 valence electrons. The Kier molecular flexibility index (Phi) is 4.72. The number of amides is 2. The molecule has 1 fully saturated rings. The fraction of sp³-hybridized carbons (Fsp3) is 0.818. The Balaban J connectivity index is 2.67. The number of carbonyl (C=O) groups excluding carboxylic acids is 2. The van der Waals surface area contributed by atoms with Gasteiger partial charge in [-0.05, 0) is 18.8 Å². The molecule has 4 unspecified atom stereocenters. The van der Waals surface area contributed by atoms with Gasteiger partial charge in [0.15, 0.2) is 0 Å². The smallest absolute Gasteiger partial charge is 0.233 e. The average molecular weight is 229 g/mol. The van der Waals surface area contributed by atoms with Gasteiger partial charge in [0.05, 0.1) is 5.66 Å². The van der Waals surface area contributed by atoms with Crippen molar-refractivity contribution in [3.8, 4) is 0 Å². The van der Waals surface area contributed by atoms with Crippen LogP contribution in [0.1, 0.15) is 39.5 Å². The lowest BCUT2D eigenvalue weighted by atomic mass is 9.81. The lowest BCUT2D eigenvalue weighted by molar-refractivity contribution is -0.137. The first-order valence-electron chi connectivity index (χ1n) is 5.70.